The molecule has 2 aromatic carbocycles. The molecule has 128 valence electrons. The molecule has 0 saturated carbocycles. The van der Waals surface area contributed by atoms with Gasteiger partial charge >= 0.3 is 0 Å². The van der Waals surface area contributed by atoms with Crippen molar-refractivity contribution >= 4 is 46.0 Å². The van der Waals surface area contributed by atoms with Gasteiger partial charge < -0.3 is 5.32 Å². The highest BCUT2D eigenvalue weighted by Crippen LogP contribution is 2.33. The Morgan fingerprint density at radius 1 is 1.15 bits per heavy atom. The van der Waals surface area contributed by atoms with Gasteiger partial charge in [0.15, 0.2) is 0 Å². The summed E-state index contributed by atoms with van der Waals surface area (Å²) in [5.41, 5.74) is 3.41. The lowest BCUT2D eigenvalue weighted by Gasteiger charge is -2.10. The molecule has 0 saturated heterocycles. The molecule has 1 aliphatic rings. The van der Waals surface area contributed by atoms with E-state index in [0.717, 1.165) is 14.7 Å². The Kier molecular flexibility index (Phi) is 4.37. The molecule has 0 atom stereocenters. The molecule has 0 bridgehead atoms. The number of halogens is 1. The molecular weight excluding hydrogens is 443 g/mol. The number of benzene rings is 2. The third-order valence-electron chi connectivity index (χ3n) is 3.99. The minimum Gasteiger partial charge on any atom is -0.325 e. The van der Waals surface area contributed by atoms with Gasteiger partial charge in [0.2, 0.25) is 11.9 Å². The second-order valence-corrected chi connectivity index (χ2v) is 7.05. The largest absolute Gasteiger partial charge is 0.325 e. The lowest BCUT2D eigenvalue weighted by molar-refractivity contribution is -0.115. The molecule has 3 aromatic rings. The Balaban J connectivity index is 1.74. The number of amides is 2. The van der Waals surface area contributed by atoms with Crippen LogP contribution in [0.1, 0.15) is 15.9 Å². The van der Waals surface area contributed by atoms with Gasteiger partial charge in [-0.25, -0.2) is 9.97 Å². The fourth-order valence-corrected chi connectivity index (χ4v) is 3.27. The van der Waals surface area contributed by atoms with E-state index in [1.807, 2.05) is 24.3 Å². The topological polar surface area (TPSA) is 84.0 Å². The number of fused-ring (bicyclic) bond motifs is 3. The van der Waals surface area contributed by atoms with Crippen molar-refractivity contribution in [3.05, 3.63) is 69.4 Å². The first kappa shape index (κ1) is 16.6. The van der Waals surface area contributed by atoms with Crippen LogP contribution in [-0.4, -0.2) is 21.8 Å². The van der Waals surface area contributed by atoms with Crippen LogP contribution < -0.4 is 10.6 Å². The van der Waals surface area contributed by atoms with Gasteiger partial charge in [0.1, 0.15) is 0 Å². The van der Waals surface area contributed by atoms with Crippen molar-refractivity contribution in [3.63, 3.8) is 0 Å². The molecule has 1 aliphatic heterocycles. The van der Waals surface area contributed by atoms with Crippen LogP contribution in [0.2, 0.25) is 0 Å². The van der Waals surface area contributed by atoms with Crippen molar-refractivity contribution < 1.29 is 9.59 Å². The molecule has 4 rings (SSSR count). The number of carbonyl (C=O) groups is 2. The maximum Gasteiger partial charge on any atom is 0.258 e. The molecule has 0 unspecified atom stereocenters. The van der Waals surface area contributed by atoms with E-state index in [-0.39, 0.29) is 24.2 Å². The lowest BCUT2D eigenvalue weighted by atomic mass is 10.1. The molecule has 0 fully saturated rings. The van der Waals surface area contributed by atoms with Crippen molar-refractivity contribution in [1.82, 2.24) is 9.97 Å². The average Bonchev–Trinajstić information content (AvgIpc) is 2.78. The van der Waals surface area contributed by atoms with Gasteiger partial charge in [-0.1, -0.05) is 18.2 Å². The highest BCUT2D eigenvalue weighted by molar-refractivity contribution is 14.1. The van der Waals surface area contributed by atoms with Gasteiger partial charge in [-0.05, 0) is 52.9 Å². The maximum absolute atomic E-state index is 12.3. The summed E-state index contributed by atoms with van der Waals surface area (Å²) in [6.07, 6.45) is 1.78. The van der Waals surface area contributed by atoms with E-state index in [1.54, 1.807) is 30.5 Å². The standard InChI is InChI=1S/C19H13IN4O2/c20-13-6-7-15-14(9-13)17-12(8-16(25)22-15)10-21-19(23-17)24-18(26)11-4-2-1-3-5-11/h1-7,9-10H,8H2,(H,22,25)(H,21,23,24,26). The first-order valence-electron chi connectivity index (χ1n) is 7.92. The van der Waals surface area contributed by atoms with E-state index in [4.69, 9.17) is 0 Å². The fraction of sp³-hybridized carbons (Fsp3) is 0.0526. The quantitative estimate of drug-likeness (QED) is 0.579. The molecule has 6 nitrogen and oxygen atoms in total. The number of anilines is 2. The van der Waals surface area contributed by atoms with E-state index in [0.29, 0.717) is 16.9 Å². The second kappa shape index (κ2) is 6.83. The van der Waals surface area contributed by atoms with Crippen molar-refractivity contribution in [2.75, 3.05) is 10.6 Å². The highest BCUT2D eigenvalue weighted by Gasteiger charge is 2.21. The van der Waals surface area contributed by atoms with Gasteiger partial charge in [0.25, 0.3) is 5.91 Å². The minimum atomic E-state index is -0.281. The second-order valence-electron chi connectivity index (χ2n) is 5.80. The summed E-state index contributed by atoms with van der Waals surface area (Å²) in [5, 5.41) is 5.60. The number of aromatic nitrogens is 2. The van der Waals surface area contributed by atoms with Crippen LogP contribution >= 0.6 is 22.6 Å². The SMILES string of the molecule is O=C1Cc2cnc(NC(=O)c3ccccc3)nc2-c2cc(I)ccc2N1. The van der Waals surface area contributed by atoms with Crippen molar-refractivity contribution in [3.8, 4) is 11.3 Å². The van der Waals surface area contributed by atoms with E-state index in [2.05, 4.69) is 43.2 Å². The van der Waals surface area contributed by atoms with Gasteiger partial charge in [0.05, 0.1) is 17.8 Å². The zero-order valence-corrected chi connectivity index (χ0v) is 15.6. The molecule has 26 heavy (non-hydrogen) atoms. The number of rotatable bonds is 2. The number of hydrogen-bond acceptors (Lipinski definition) is 4. The Labute approximate surface area is 163 Å². The van der Waals surface area contributed by atoms with Crippen molar-refractivity contribution in [1.29, 1.82) is 0 Å². The van der Waals surface area contributed by atoms with E-state index in [9.17, 15) is 9.59 Å². The van der Waals surface area contributed by atoms with Gasteiger partial charge in [-0.2, -0.15) is 0 Å². The molecule has 1 aromatic heterocycles. The van der Waals surface area contributed by atoms with Crippen LogP contribution in [0.15, 0.2) is 54.7 Å². The number of hydrogen-bond donors (Lipinski definition) is 2. The van der Waals surface area contributed by atoms with Gasteiger partial charge in [-0.3, -0.25) is 14.9 Å². The first-order valence-corrected chi connectivity index (χ1v) is 9.00. The van der Waals surface area contributed by atoms with Crippen LogP contribution in [0.4, 0.5) is 11.6 Å². The zero-order valence-electron chi connectivity index (χ0n) is 13.5. The predicted octanol–water partition coefficient (Wildman–Crippen LogP) is 3.50. The third kappa shape index (κ3) is 3.30. The summed E-state index contributed by atoms with van der Waals surface area (Å²) in [6.45, 7) is 0. The van der Waals surface area contributed by atoms with Crippen LogP contribution in [0.25, 0.3) is 11.3 Å². The normalized spacial score (nSPS) is 12.4. The molecule has 7 heteroatoms. The number of nitrogens with zero attached hydrogens (tertiary/aromatic N) is 2. The Hall–Kier alpha value is -2.81. The first-order chi connectivity index (χ1) is 12.6. The summed E-state index contributed by atoms with van der Waals surface area (Å²) in [4.78, 5) is 33.2. The van der Waals surface area contributed by atoms with Crippen LogP contribution in [0, 0.1) is 3.57 Å². The van der Waals surface area contributed by atoms with E-state index >= 15 is 0 Å². The Morgan fingerprint density at radius 3 is 2.77 bits per heavy atom. The van der Waals surface area contributed by atoms with Crippen molar-refractivity contribution in [2.45, 2.75) is 6.42 Å². The molecule has 0 radical (unpaired) electrons. The Bertz CT molecular complexity index is 1020. The Morgan fingerprint density at radius 2 is 1.96 bits per heavy atom. The molecule has 2 amide bonds. The van der Waals surface area contributed by atoms with Crippen LogP contribution in [0.3, 0.4) is 0 Å². The minimum absolute atomic E-state index is 0.115. The molecule has 2 N–H and O–H groups in total. The molecule has 2 heterocycles. The van der Waals surface area contributed by atoms with Gasteiger partial charge in [0, 0.05) is 26.5 Å². The average molecular weight is 456 g/mol. The summed E-state index contributed by atoms with van der Waals surface area (Å²) in [5.74, 6) is -0.191. The lowest BCUT2D eigenvalue weighted by Crippen LogP contribution is -2.15. The van der Waals surface area contributed by atoms with Crippen LogP contribution in [-0.2, 0) is 11.2 Å². The summed E-state index contributed by atoms with van der Waals surface area (Å²) >= 11 is 2.21. The number of nitrogens with one attached hydrogen (secondary N) is 2. The highest BCUT2D eigenvalue weighted by atomic mass is 127. The van der Waals surface area contributed by atoms with Gasteiger partial charge in [-0.15, -0.1) is 0 Å². The van der Waals surface area contributed by atoms with E-state index < -0.39 is 0 Å². The summed E-state index contributed by atoms with van der Waals surface area (Å²) in [6, 6.07) is 14.6. The molecule has 0 spiro atoms. The molecule has 0 aliphatic carbocycles. The smallest absolute Gasteiger partial charge is 0.258 e. The summed E-state index contributed by atoms with van der Waals surface area (Å²) < 4.78 is 1.02. The van der Waals surface area contributed by atoms with Crippen LogP contribution in [0.5, 0.6) is 0 Å². The monoisotopic (exact) mass is 456 g/mol. The summed E-state index contributed by atoms with van der Waals surface area (Å²) in [7, 11) is 0. The number of carbonyl (C=O) groups excluding carboxylic acids is 2. The molecular formula is C19H13IN4O2. The third-order valence-corrected chi connectivity index (χ3v) is 4.66. The fourth-order valence-electron chi connectivity index (χ4n) is 2.78. The maximum atomic E-state index is 12.3. The van der Waals surface area contributed by atoms with Crippen molar-refractivity contribution in [2.24, 2.45) is 0 Å². The zero-order chi connectivity index (χ0) is 18.1. The predicted molar refractivity (Wildman–Crippen MR) is 107 cm³/mol. The van der Waals surface area contributed by atoms with E-state index in [1.165, 1.54) is 0 Å².